The Morgan fingerprint density at radius 3 is 2.29 bits per heavy atom. The molecule has 0 bridgehead atoms. The Morgan fingerprint density at radius 1 is 1.05 bits per heavy atom. The zero-order valence-corrected chi connectivity index (χ0v) is 13.9. The molecular formula is C20H18Se. The molecule has 104 valence electrons. The molecule has 0 saturated carbocycles. The van der Waals surface area contributed by atoms with Crippen molar-refractivity contribution in [1.82, 2.24) is 0 Å². The van der Waals surface area contributed by atoms with Gasteiger partial charge < -0.3 is 0 Å². The minimum absolute atomic E-state index is 0.427. The first-order valence-electron chi connectivity index (χ1n) is 6.95. The van der Waals surface area contributed by atoms with E-state index < -0.39 is 0 Å². The Labute approximate surface area is 133 Å². The molecule has 0 aliphatic rings. The second kappa shape index (κ2) is 8.32. The molecule has 0 aliphatic carbocycles. The summed E-state index contributed by atoms with van der Waals surface area (Å²) in [4.78, 5) is 0. The van der Waals surface area contributed by atoms with Gasteiger partial charge in [-0.05, 0) is 0 Å². The second-order valence-electron chi connectivity index (χ2n) is 4.42. The van der Waals surface area contributed by atoms with Crippen LogP contribution in [0, 0.1) is 11.8 Å². The van der Waals surface area contributed by atoms with Crippen molar-refractivity contribution in [3.63, 3.8) is 0 Å². The summed E-state index contributed by atoms with van der Waals surface area (Å²) in [7, 11) is 0. The number of benzene rings is 2. The number of allylic oxidation sites excluding steroid dienone is 3. The SMILES string of the molecule is C=C([Se]CC)/C(=C/C#Cc1ccccc1)c1ccccc1. The van der Waals surface area contributed by atoms with Crippen molar-refractivity contribution >= 4 is 20.5 Å². The third kappa shape index (κ3) is 4.79. The van der Waals surface area contributed by atoms with E-state index in [1.807, 2.05) is 42.5 Å². The Balaban J connectivity index is 2.30. The molecule has 0 N–H and O–H groups in total. The molecule has 0 saturated heterocycles. The summed E-state index contributed by atoms with van der Waals surface area (Å²) < 4.78 is 1.21. The summed E-state index contributed by atoms with van der Waals surface area (Å²) >= 11 is 0.427. The molecule has 2 aromatic carbocycles. The van der Waals surface area contributed by atoms with Gasteiger partial charge in [0.15, 0.2) is 0 Å². The van der Waals surface area contributed by atoms with Gasteiger partial charge in [0.2, 0.25) is 0 Å². The molecule has 2 rings (SSSR count). The minimum atomic E-state index is 0.427. The molecule has 0 unspecified atom stereocenters. The van der Waals surface area contributed by atoms with Crippen LogP contribution in [0.4, 0.5) is 0 Å². The Morgan fingerprint density at radius 2 is 1.67 bits per heavy atom. The van der Waals surface area contributed by atoms with Crippen LogP contribution in [-0.2, 0) is 0 Å². The third-order valence-electron chi connectivity index (χ3n) is 2.91. The van der Waals surface area contributed by atoms with Gasteiger partial charge in [-0.3, -0.25) is 0 Å². The Bertz CT molecular complexity index is 670. The van der Waals surface area contributed by atoms with Crippen LogP contribution in [0.2, 0.25) is 5.32 Å². The zero-order chi connectivity index (χ0) is 14.9. The molecule has 1 heteroatoms. The molecule has 0 aliphatic heterocycles. The Kier molecular flexibility index (Phi) is 6.10. The number of hydrogen-bond donors (Lipinski definition) is 0. The standard InChI is InChI=1S/C20H18Se/c1-3-21-17(2)20(19-14-8-5-9-15-19)16-10-13-18-11-6-4-7-12-18/h4-9,11-12,14-16H,2-3H2,1H3/b20-16-. The molecule has 0 atom stereocenters. The first-order chi connectivity index (χ1) is 10.3. The summed E-state index contributed by atoms with van der Waals surface area (Å²) in [5.74, 6) is 6.36. The van der Waals surface area contributed by atoms with Crippen LogP contribution < -0.4 is 0 Å². The molecular weight excluding hydrogens is 319 g/mol. The fraction of sp³-hybridized carbons (Fsp3) is 0.100. The molecule has 0 fully saturated rings. The molecule has 0 heterocycles. The fourth-order valence-corrected chi connectivity index (χ4v) is 3.34. The van der Waals surface area contributed by atoms with Crippen molar-refractivity contribution in [2.75, 3.05) is 0 Å². The molecule has 0 amide bonds. The van der Waals surface area contributed by atoms with Gasteiger partial charge in [-0.15, -0.1) is 0 Å². The normalized spacial score (nSPS) is 10.6. The first-order valence-corrected chi connectivity index (χ1v) is 9.02. The van der Waals surface area contributed by atoms with Crippen LogP contribution in [0.25, 0.3) is 5.57 Å². The van der Waals surface area contributed by atoms with E-state index >= 15 is 0 Å². The zero-order valence-electron chi connectivity index (χ0n) is 12.2. The Hall–Kier alpha value is -2.00. The van der Waals surface area contributed by atoms with E-state index in [-0.39, 0.29) is 0 Å². The van der Waals surface area contributed by atoms with Gasteiger partial charge >= 0.3 is 134 Å². The van der Waals surface area contributed by atoms with Crippen LogP contribution in [-0.4, -0.2) is 15.0 Å². The van der Waals surface area contributed by atoms with Gasteiger partial charge in [-0.1, -0.05) is 0 Å². The third-order valence-corrected chi connectivity index (χ3v) is 4.71. The summed E-state index contributed by atoms with van der Waals surface area (Å²) in [6.45, 7) is 6.44. The first kappa shape index (κ1) is 15.4. The fourth-order valence-electron chi connectivity index (χ4n) is 1.91. The maximum atomic E-state index is 4.24. The van der Waals surface area contributed by atoms with E-state index in [9.17, 15) is 0 Å². The van der Waals surface area contributed by atoms with E-state index in [0.29, 0.717) is 15.0 Å². The molecule has 21 heavy (non-hydrogen) atoms. The van der Waals surface area contributed by atoms with Crippen molar-refractivity contribution < 1.29 is 0 Å². The average molecular weight is 337 g/mol. The molecule has 0 nitrogen and oxygen atoms in total. The summed E-state index contributed by atoms with van der Waals surface area (Å²) in [5.41, 5.74) is 3.40. The average Bonchev–Trinajstić information content (AvgIpc) is 2.53. The van der Waals surface area contributed by atoms with Gasteiger partial charge in [0.25, 0.3) is 0 Å². The molecule has 2 aromatic rings. The van der Waals surface area contributed by atoms with Crippen molar-refractivity contribution in [2.45, 2.75) is 12.2 Å². The number of rotatable bonds is 4. The topological polar surface area (TPSA) is 0 Å². The molecule has 0 aromatic heterocycles. The predicted octanol–water partition coefficient (Wildman–Crippen LogP) is 4.78. The quantitative estimate of drug-likeness (QED) is 0.428. The number of hydrogen-bond acceptors (Lipinski definition) is 0. The molecule has 0 spiro atoms. The van der Waals surface area contributed by atoms with Crippen LogP contribution in [0.5, 0.6) is 0 Å². The van der Waals surface area contributed by atoms with Crippen LogP contribution in [0.3, 0.4) is 0 Å². The van der Waals surface area contributed by atoms with E-state index in [2.05, 4.69) is 49.6 Å². The van der Waals surface area contributed by atoms with Crippen LogP contribution in [0.1, 0.15) is 18.1 Å². The molecule has 0 radical (unpaired) electrons. The van der Waals surface area contributed by atoms with Crippen molar-refractivity contribution in [2.24, 2.45) is 0 Å². The summed E-state index contributed by atoms with van der Waals surface area (Å²) in [6.07, 6.45) is 2.00. The van der Waals surface area contributed by atoms with Crippen LogP contribution in [0.15, 0.2) is 77.8 Å². The monoisotopic (exact) mass is 338 g/mol. The second-order valence-corrected chi connectivity index (χ2v) is 7.27. The van der Waals surface area contributed by atoms with E-state index in [1.165, 1.54) is 15.6 Å². The van der Waals surface area contributed by atoms with E-state index in [1.54, 1.807) is 0 Å². The maximum absolute atomic E-state index is 4.24. The predicted molar refractivity (Wildman–Crippen MR) is 93.1 cm³/mol. The van der Waals surface area contributed by atoms with Gasteiger partial charge in [0.05, 0.1) is 0 Å². The van der Waals surface area contributed by atoms with Gasteiger partial charge in [0, 0.05) is 0 Å². The van der Waals surface area contributed by atoms with E-state index in [0.717, 1.165) is 10.9 Å². The summed E-state index contributed by atoms with van der Waals surface area (Å²) in [6, 6.07) is 20.4. The van der Waals surface area contributed by atoms with Crippen molar-refractivity contribution in [1.29, 1.82) is 0 Å². The van der Waals surface area contributed by atoms with Crippen molar-refractivity contribution in [3.8, 4) is 11.8 Å². The summed E-state index contributed by atoms with van der Waals surface area (Å²) in [5, 5.41) is 1.15. The van der Waals surface area contributed by atoms with Gasteiger partial charge in [-0.2, -0.15) is 0 Å². The van der Waals surface area contributed by atoms with Gasteiger partial charge in [-0.25, -0.2) is 0 Å². The van der Waals surface area contributed by atoms with Crippen molar-refractivity contribution in [3.05, 3.63) is 88.9 Å². The van der Waals surface area contributed by atoms with E-state index in [4.69, 9.17) is 0 Å². The van der Waals surface area contributed by atoms with Crippen LogP contribution >= 0.6 is 0 Å². The van der Waals surface area contributed by atoms with Gasteiger partial charge in [0.1, 0.15) is 0 Å².